The maximum atomic E-state index is 15.2. The molecule has 43 heavy (non-hydrogen) atoms. The molecule has 0 unspecified atom stereocenters. The number of hydrazine groups is 1. The molecule has 1 saturated heterocycles. The van der Waals surface area contributed by atoms with Gasteiger partial charge < -0.3 is 19.7 Å². The zero-order valence-corrected chi connectivity index (χ0v) is 25.7. The standard InChI is InChI=1S/C28H33ClFN7O5S/c1-35-9-11-37(12-10-35)34-26(38)19-14-23(41-3)22(15-21(19)30)32-28-31-16-20(29)27(33-28)42-24-13-17-7-5-6-8-18(17)25(24)36(2)43(4,39)40/h5-8,14-16,24-25H,9-13H2,1-4H3,(H,34,38)(H,31,32,33)/t24-,25-/m1/s1. The van der Waals surface area contributed by atoms with Crippen LogP contribution in [0.15, 0.2) is 42.6 Å². The number of aromatic nitrogens is 2. The Labute approximate surface area is 254 Å². The Bertz CT molecular complexity index is 1620. The van der Waals surface area contributed by atoms with Gasteiger partial charge in [0.05, 0.1) is 36.9 Å². The van der Waals surface area contributed by atoms with Gasteiger partial charge in [-0.2, -0.15) is 9.29 Å². The largest absolute Gasteiger partial charge is 0.495 e. The van der Waals surface area contributed by atoms with Crippen molar-refractivity contribution in [1.29, 1.82) is 0 Å². The molecule has 0 bridgehead atoms. The van der Waals surface area contributed by atoms with E-state index in [1.54, 1.807) is 5.01 Å². The second kappa shape index (κ2) is 12.6. The number of sulfonamides is 1. The molecular formula is C28H33ClFN7O5S. The van der Waals surface area contributed by atoms with Crippen molar-refractivity contribution in [2.24, 2.45) is 0 Å². The van der Waals surface area contributed by atoms with Crippen molar-refractivity contribution < 1.29 is 27.1 Å². The fourth-order valence-corrected chi connectivity index (χ4v) is 5.95. The van der Waals surface area contributed by atoms with Crippen molar-refractivity contribution in [1.82, 2.24) is 29.6 Å². The lowest BCUT2D eigenvalue weighted by molar-refractivity contribution is 0.0658. The lowest BCUT2D eigenvalue weighted by atomic mass is 10.1. The topological polar surface area (TPSA) is 129 Å². The predicted octanol–water partition coefficient (Wildman–Crippen LogP) is 2.85. The third-order valence-electron chi connectivity index (χ3n) is 7.58. The number of methoxy groups -OCH3 is 1. The van der Waals surface area contributed by atoms with Gasteiger partial charge in [0.1, 0.15) is 22.7 Å². The van der Waals surface area contributed by atoms with Crippen LogP contribution in [0.2, 0.25) is 5.02 Å². The number of benzene rings is 2. The first-order chi connectivity index (χ1) is 20.4. The molecule has 5 rings (SSSR count). The molecular weight excluding hydrogens is 601 g/mol. The lowest BCUT2D eigenvalue weighted by Crippen LogP contribution is -2.52. The van der Waals surface area contributed by atoms with E-state index in [4.69, 9.17) is 21.1 Å². The number of rotatable bonds is 9. The molecule has 2 N–H and O–H groups in total. The first kappa shape index (κ1) is 30.9. The van der Waals surface area contributed by atoms with Crippen molar-refractivity contribution in [3.8, 4) is 11.6 Å². The van der Waals surface area contributed by atoms with Gasteiger partial charge in [0.25, 0.3) is 5.91 Å². The van der Waals surface area contributed by atoms with Crippen LogP contribution in [0.3, 0.4) is 0 Å². The molecule has 1 fully saturated rings. The molecule has 2 heterocycles. The molecule has 0 radical (unpaired) electrons. The summed E-state index contributed by atoms with van der Waals surface area (Å²) in [5.41, 5.74) is 4.53. The molecule has 12 nitrogen and oxygen atoms in total. The number of ether oxygens (including phenoxy) is 2. The van der Waals surface area contributed by atoms with Crippen LogP contribution in [0.5, 0.6) is 11.6 Å². The summed E-state index contributed by atoms with van der Waals surface area (Å²) in [6, 6.07) is 9.34. The second-order valence-electron chi connectivity index (χ2n) is 10.5. The number of nitrogens with one attached hydrogen (secondary N) is 2. The third kappa shape index (κ3) is 6.83. The van der Waals surface area contributed by atoms with Crippen LogP contribution in [0, 0.1) is 5.82 Å². The molecule has 2 atom stereocenters. The Kier molecular flexibility index (Phi) is 9.04. The summed E-state index contributed by atoms with van der Waals surface area (Å²) in [6.07, 6.45) is 2.27. The first-order valence-corrected chi connectivity index (χ1v) is 15.8. The van der Waals surface area contributed by atoms with E-state index in [0.29, 0.717) is 19.5 Å². The van der Waals surface area contributed by atoms with Crippen LogP contribution in [0.25, 0.3) is 0 Å². The maximum Gasteiger partial charge on any atom is 0.268 e. The second-order valence-corrected chi connectivity index (χ2v) is 13.0. The first-order valence-electron chi connectivity index (χ1n) is 13.5. The Morgan fingerprint density at radius 3 is 2.60 bits per heavy atom. The number of hydrogen-bond acceptors (Lipinski definition) is 10. The van der Waals surface area contributed by atoms with Gasteiger partial charge >= 0.3 is 0 Å². The Morgan fingerprint density at radius 1 is 1.19 bits per heavy atom. The average Bonchev–Trinajstić information content (AvgIpc) is 3.32. The molecule has 15 heteroatoms. The van der Waals surface area contributed by atoms with Gasteiger partial charge in [-0.3, -0.25) is 10.2 Å². The minimum atomic E-state index is -3.55. The molecule has 1 aliphatic heterocycles. The van der Waals surface area contributed by atoms with Gasteiger partial charge in [0, 0.05) is 45.7 Å². The lowest BCUT2D eigenvalue weighted by Gasteiger charge is -2.32. The number of likely N-dealkylation sites (N-methyl/N-ethyl adjacent to an activating group) is 2. The van der Waals surface area contributed by atoms with Gasteiger partial charge in [-0.25, -0.2) is 22.8 Å². The van der Waals surface area contributed by atoms with E-state index in [0.717, 1.165) is 36.5 Å². The smallest absolute Gasteiger partial charge is 0.268 e. The van der Waals surface area contributed by atoms with Gasteiger partial charge in [0.15, 0.2) is 0 Å². The summed E-state index contributed by atoms with van der Waals surface area (Å²) in [6.45, 7) is 2.81. The Balaban J connectivity index is 1.36. The normalized spacial score (nSPS) is 19.2. The highest BCUT2D eigenvalue weighted by Gasteiger charge is 2.40. The van der Waals surface area contributed by atoms with E-state index in [9.17, 15) is 13.2 Å². The maximum absolute atomic E-state index is 15.2. The van der Waals surface area contributed by atoms with Gasteiger partial charge in [-0.15, -0.1) is 0 Å². The van der Waals surface area contributed by atoms with E-state index in [2.05, 4.69) is 25.6 Å². The van der Waals surface area contributed by atoms with E-state index in [1.165, 1.54) is 30.7 Å². The summed E-state index contributed by atoms with van der Waals surface area (Å²) >= 11 is 6.39. The number of anilines is 2. The van der Waals surface area contributed by atoms with Crippen LogP contribution < -0.4 is 20.2 Å². The molecule has 0 spiro atoms. The summed E-state index contributed by atoms with van der Waals surface area (Å²) in [5.74, 6) is -1.12. The van der Waals surface area contributed by atoms with Gasteiger partial charge in [-0.1, -0.05) is 35.9 Å². The summed E-state index contributed by atoms with van der Waals surface area (Å²) in [5, 5.41) is 4.77. The summed E-state index contributed by atoms with van der Waals surface area (Å²) < 4.78 is 53.0. The number of carbonyl (C=O) groups is 1. The van der Waals surface area contributed by atoms with Crippen molar-refractivity contribution in [3.05, 3.63) is 70.1 Å². The molecule has 2 aromatic carbocycles. The van der Waals surface area contributed by atoms with E-state index in [-0.39, 0.29) is 33.9 Å². The van der Waals surface area contributed by atoms with Crippen molar-refractivity contribution in [3.63, 3.8) is 0 Å². The third-order valence-corrected chi connectivity index (χ3v) is 9.11. The fourth-order valence-electron chi connectivity index (χ4n) is 5.15. The minimum Gasteiger partial charge on any atom is -0.495 e. The van der Waals surface area contributed by atoms with Crippen molar-refractivity contribution >= 4 is 39.2 Å². The average molecular weight is 634 g/mol. The van der Waals surface area contributed by atoms with Gasteiger partial charge in [-0.05, 0) is 24.2 Å². The highest BCUT2D eigenvalue weighted by Crippen LogP contribution is 2.40. The van der Waals surface area contributed by atoms with E-state index in [1.807, 2.05) is 31.3 Å². The van der Waals surface area contributed by atoms with Crippen LogP contribution >= 0.6 is 11.6 Å². The summed E-state index contributed by atoms with van der Waals surface area (Å²) in [7, 11) is 1.34. The van der Waals surface area contributed by atoms with E-state index >= 15 is 4.39 Å². The minimum absolute atomic E-state index is 0.0199. The number of amides is 1. The molecule has 1 aliphatic carbocycles. The zero-order valence-electron chi connectivity index (χ0n) is 24.2. The monoisotopic (exact) mass is 633 g/mol. The fraction of sp³-hybridized carbons (Fsp3) is 0.393. The number of hydrogen-bond donors (Lipinski definition) is 2. The van der Waals surface area contributed by atoms with Gasteiger partial charge in [0.2, 0.25) is 21.9 Å². The summed E-state index contributed by atoms with van der Waals surface area (Å²) in [4.78, 5) is 23.5. The van der Waals surface area contributed by atoms with Crippen molar-refractivity contribution in [2.75, 3.05) is 59.0 Å². The Hall–Kier alpha value is -3.56. The molecule has 0 saturated carbocycles. The number of carbonyl (C=O) groups excluding carboxylic acids is 1. The number of halogens is 2. The number of nitrogens with zero attached hydrogens (tertiary/aromatic N) is 5. The van der Waals surface area contributed by atoms with Crippen LogP contribution in [-0.4, -0.2) is 98.3 Å². The molecule has 3 aromatic rings. The zero-order chi connectivity index (χ0) is 30.9. The molecule has 1 amide bonds. The molecule has 1 aromatic heterocycles. The quantitative estimate of drug-likeness (QED) is 0.363. The molecule has 2 aliphatic rings. The van der Waals surface area contributed by atoms with Crippen LogP contribution in [0.4, 0.5) is 16.0 Å². The predicted molar refractivity (Wildman–Crippen MR) is 160 cm³/mol. The van der Waals surface area contributed by atoms with E-state index < -0.39 is 33.9 Å². The van der Waals surface area contributed by atoms with Crippen LogP contribution in [-0.2, 0) is 16.4 Å². The molecule has 230 valence electrons. The number of fused-ring (bicyclic) bond motifs is 1. The SMILES string of the molecule is COc1cc(C(=O)NN2CCN(C)CC2)c(F)cc1Nc1ncc(Cl)c(O[C@@H]2Cc3ccccc3[C@H]2N(C)S(C)(=O)=O)n1. The number of piperazine rings is 1. The van der Waals surface area contributed by atoms with Crippen LogP contribution in [0.1, 0.15) is 27.5 Å². The Morgan fingerprint density at radius 2 is 1.91 bits per heavy atom. The van der Waals surface area contributed by atoms with Crippen molar-refractivity contribution in [2.45, 2.75) is 18.6 Å². The highest BCUT2D eigenvalue weighted by molar-refractivity contribution is 7.88. The highest BCUT2D eigenvalue weighted by atomic mass is 35.5.